The van der Waals surface area contributed by atoms with Crippen molar-refractivity contribution in [2.75, 3.05) is 0 Å². The highest BCUT2D eigenvalue weighted by molar-refractivity contribution is 5.97. The van der Waals surface area contributed by atoms with Crippen molar-refractivity contribution in [3.05, 3.63) is 65.7 Å². The number of nitrogens with one attached hydrogen (secondary N) is 2. The Morgan fingerprint density at radius 2 is 1.65 bits per heavy atom. The van der Waals surface area contributed by atoms with E-state index in [4.69, 9.17) is 4.74 Å². The molecule has 2 rings (SSSR count). The van der Waals surface area contributed by atoms with Gasteiger partial charge in [0.1, 0.15) is 5.75 Å². The Labute approximate surface area is 152 Å². The zero-order valence-electron chi connectivity index (χ0n) is 14.8. The number of carbonyl (C=O) groups is 3. The maximum atomic E-state index is 12.0. The monoisotopic (exact) mass is 354 g/mol. The van der Waals surface area contributed by atoms with Crippen LogP contribution in [0.3, 0.4) is 0 Å². The number of imide groups is 1. The standard InChI is InChI=1S/C20H22N2O4/c1-3-18(23)16-9-11-17(12-10-16)26-14(2)19(24)22-20(25)21-13-15-7-5-4-6-8-15/h4-12,14H,3,13H2,1-2H3,(H2,21,22,24,25)/t14-/m1/s1. The Morgan fingerprint density at radius 1 is 1.00 bits per heavy atom. The number of amides is 3. The fourth-order valence-electron chi connectivity index (χ4n) is 2.22. The van der Waals surface area contributed by atoms with Gasteiger partial charge >= 0.3 is 6.03 Å². The van der Waals surface area contributed by atoms with Crippen LogP contribution in [-0.2, 0) is 11.3 Å². The quantitative estimate of drug-likeness (QED) is 0.749. The molecular formula is C20H22N2O4. The molecule has 2 aromatic rings. The molecule has 26 heavy (non-hydrogen) atoms. The molecule has 0 heterocycles. The van der Waals surface area contributed by atoms with E-state index in [1.54, 1.807) is 38.1 Å². The van der Waals surface area contributed by atoms with Crippen molar-refractivity contribution < 1.29 is 19.1 Å². The molecule has 3 amide bonds. The van der Waals surface area contributed by atoms with Gasteiger partial charge in [0.25, 0.3) is 5.91 Å². The normalized spacial score (nSPS) is 11.3. The van der Waals surface area contributed by atoms with Gasteiger partial charge in [0.05, 0.1) is 0 Å². The van der Waals surface area contributed by atoms with Gasteiger partial charge in [-0.2, -0.15) is 0 Å². The second-order valence-corrected chi connectivity index (χ2v) is 5.72. The van der Waals surface area contributed by atoms with E-state index in [0.29, 0.717) is 24.3 Å². The maximum absolute atomic E-state index is 12.0. The Balaban J connectivity index is 1.81. The molecule has 0 aliphatic carbocycles. The molecule has 0 unspecified atom stereocenters. The number of Topliss-reactive ketones (excluding diaryl/α,β-unsaturated/α-hetero) is 1. The summed E-state index contributed by atoms with van der Waals surface area (Å²) in [6.07, 6.45) is -0.429. The van der Waals surface area contributed by atoms with E-state index < -0.39 is 18.0 Å². The van der Waals surface area contributed by atoms with Crippen LogP contribution < -0.4 is 15.4 Å². The third-order valence-corrected chi connectivity index (χ3v) is 3.71. The van der Waals surface area contributed by atoms with Crippen LogP contribution in [0.15, 0.2) is 54.6 Å². The summed E-state index contributed by atoms with van der Waals surface area (Å²) in [5, 5.41) is 4.85. The average molecular weight is 354 g/mol. The first kappa shape index (κ1) is 19.2. The Hall–Kier alpha value is -3.15. The number of ketones is 1. The summed E-state index contributed by atoms with van der Waals surface area (Å²) in [4.78, 5) is 35.4. The highest BCUT2D eigenvalue weighted by atomic mass is 16.5. The van der Waals surface area contributed by atoms with Crippen LogP contribution in [0.25, 0.3) is 0 Å². The number of hydrogen-bond donors (Lipinski definition) is 2. The molecule has 2 N–H and O–H groups in total. The number of rotatable bonds is 7. The molecule has 0 fully saturated rings. The summed E-state index contributed by atoms with van der Waals surface area (Å²) in [5.74, 6) is -0.0632. The summed E-state index contributed by atoms with van der Waals surface area (Å²) in [7, 11) is 0. The maximum Gasteiger partial charge on any atom is 0.321 e. The van der Waals surface area contributed by atoms with Crippen molar-refractivity contribution in [1.82, 2.24) is 10.6 Å². The van der Waals surface area contributed by atoms with Crippen molar-refractivity contribution in [1.29, 1.82) is 0 Å². The van der Waals surface area contributed by atoms with Gasteiger partial charge in [-0.3, -0.25) is 14.9 Å². The third kappa shape index (κ3) is 5.73. The zero-order valence-corrected chi connectivity index (χ0v) is 14.8. The van der Waals surface area contributed by atoms with Gasteiger partial charge in [-0.25, -0.2) is 4.79 Å². The van der Waals surface area contributed by atoms with Gasteiger partial charge < -0.3 is 10.1 Å². The largest absolute Gasteiger partial charge is 0.481 e. The average Bonchev–Trinajstić information content (AvgIpc) is 2.67. The summed E-state index contributed by atoms with van der Waals surface area (Å²) in [6, 6.07) is 15.3. The number of hydrogen-bond acceptors (Lipinski definition) is 4. The lowest BCUT2D eigenvalue weighted by molar-refractivity contribution is -0.126. The predicted molar refractivity (Wildman–Crippen MR) is 98.0 cm³/mol. The molecule has 6 nitrogen and oxygen atoms in total. The first-order valence-electron chi connectivity index (χ1n) is 8.42. The summed E-state index contributed by atoms with van der Waals surface area (Å²) in [5.41, 5.74) is 1.53. The van der Waals surface area contributed by atoms with Crippen molar-refractivity contribution in [2.24, 2.45) is 0 Å². The lowest BCUT2D eigenvalue weighted by Crippen LogP contribution is -2.44. The van der Waals surface area contributed by atoms with Crippen molar-refractivity contribution in [3.8, 4) is 5.75 Å². The van der Waals surface area contributed by atoms with Crippen LogP contribution in [0.1, 0.15) is 36.2 Å². The fourth-order valence-corrected chi connectivity index (χ4v) is 2.22. The first-order valence-corrected chi connectivity index (χ1v) is 8.42. The Kier molecular flexibility index (Phi) is 6.91. The van der Waals surface area contributed by atoms with Crippen LogP contribution in [-0.4, -0.2) is 23.8 Å². The molecule has 0 bridgehead atoms. The molecule has 0 aliphatic heterocycles. The van der Waals surface area contributed by atoms with Gasteiger partial charge in [-0.15, -0.1) is 0 Å². The molecular weight excluding hydrogens is 332 g/mol. The Morgan fingerprint density at radius 3 is 2.27 bits per heavy atom. The van der Waals surface area contributed by atoms with E-state index in [1.807, 2.05) is 30.3 Å². The molecule has 1 atom stereocenters. The lowest BCUT2D eigenvalue weighted by Gasteiger charge is -2.14. The lowest BCUT2D eigenvalue weighted by atomic mass is 10.1. The smallest absolute Gasteiger partial charge is 0.321 e. The van der Waals surface area contributed by atoms with Crippen molar-refractivity contribution >= 4 is 17.7 Å². The van der Waals surface area contributed by atoms with Crippen LogP contribution >= 0.6 is 0 Å². The summed E-state index contributed by atoms with van der Waals surface area (Å²) < 4.78 is 5.50. The molecule has 0 saturated heterocycles. The van der Waals surface area contributed by atoms with Crippen LogP contribution in [0.5, 0.6) is 5.75 Å². The molecule has 0 spiro atoms. The van der Waals surface area contributed by atoms with Crippen molar-refractivity contribution in [2.45, 2.75) is 32.9 Å². The topological polar surface area (TPSA) is 84.5 Å². The SMILES string of the molecule is CCC(=O)c1ccc(O[C@H](C)C(=O)NC(=O)NCc2ccccc2)cc1. The predicted octanol–water partition coefficient (Wildman–Crippen LogP) is 3.07. The number of benzene rings is 2. The number of urea groups is 1. The van der Waals surface area contributed by atoms with E-state index >= 15 is 0 Å². The number of ether oxygens (including phenoxy) is 1. The second-order valence-electron chi connectivity index (χ2n) is 5.72. The zero-order chi connectivity index (χ0) is 18.9. The highest BCUT2D eigenvalue weighted by Crippen LogP contribution is 2.15. The fraction of sp³-hybridized carbons (Fsp3) is 0.250. The van der Waals surface area contributed by atoms with E-state index in [2.05, 4.69) is 10.6 Å². The van der Waals surface area contributed by atoms with Gasteiger partial charge in [-0.1, -0.05) is 37.3 Å². The minimum Gasteiger partial charge on any atom is -0.481 e. The van der Waals surface area contributed by atoms with E-state index in [-0.39, 0.29) is 5.78 Å². The molecule has 0 radical (unpaired) electrons. The van der Waals surface area contributed by atoms with Gasteiger partial charge in [0, 0.05) is 18.5 Å². The third-order valence-electron chi connectivity index (χ3n) is 3.71. The minimum atomic E-state index is -0.856. The Bertz CT molecular complexity index is 757. The molecule has 0 aromatic heterocycles. The van der Waals surface area contributed by atoms with Crippen LogP contribution in [0.4, 0.5) is 4.79 Å². The molecule has 0 saturated carbocycles. The van der Waals surface area contributed by atoms with E-state index in [0.717, 1.165) is 5.56 Å². The minimum absolute atomic E-state index is 0.0393. The molecule has 2 aromatic carbocycles. The summed E-state index contributed by atoms with van der Waals surface area (Å²) in [6.45, 7) is 3.66. The molecule has 0 aliphatic rings. The second kappa shape index (κ2) is 9.36. The van der Waals surface area contributed by atoms with E-state index in [9.17, 15) is 14.4 Å². The van der Waals surface area contributed by atoms with E-state index in [1.165, 1.54) is 0 Å². The van der Waals surface area contributed by atoms with Crippen molar-refractivity contribution in [3.63, 3.8) is 0 Å². The van der Waals surface area contributed by atoms with Crippen LogP contribution in [0, 0.1) is 0 Å². The van der Waals surface area contributed by atoms with Gasteiger partial charge in [0.15, 0.2) is 11.9 Å². The molecule has 6 heteroatoms. The summed E-state index contributed by atoms with van der Waals surface area (Å²) >= 11 is 0. The van der Waals surface area contributed by atoms with Gasteiger partial charge in [-0.05, 0) is 36.8 Å². The molecule has 136 valence electrons. The number of carbonyl (C=O) groups excluding carboxylic acids is 3. The van der Waals surface area contributed by atoms with Crippen LogP contribution in [0.2, 0.25) is 0 Å². The highest BCUT2D eigenvalue weighted by Gasteiger charge is 2.17. The van der Waals surface area contributed by atoms with Gasteiger partial charge in [0.2, 0.25) is 0 Å². The first-order chi connectivity index (χ1) is 12.5.